The smallest absolute Gasteiger partial charge is 0.242 e. The zero-order valence-corrected chi connectivity index (χ0v) is 14.4. The number of hydrogen-bond acceptors (Lipinski definition) is 5. The Hall–Kier alpha value is -0.470. The Morgan fingerprint density at radius 2 is 2.10 bits per heavy atom. The van der Waals surface area contributed by atoms with Crippen molar-refractivity contribution in [3.8, 4) is 0 Å². The van der Waals surface area contributed by atoms with E-state index in [1.807, 2.05) is 26.3 Å². The average Bonchev–Trinajstić information content (AvgIpc) is 2.81. The summed E-state index contributed by atoms with van der Waals surface area (Å²) in [4.78, 5) is 1.31. The van der Waals surface area contributed by atoms with Gasteiger partial charge in [-0.3, -0.25) is 0 Å². The highest BCUT2D eigenvalue weighted by Crippen LogP contribution is 2.28. The highest BCUT2D eigenvalue weighted by molar-refractivity contribution is 7.89. The minimum absolute atomic E-state index is 0.0689. The van der Waals surface area contributed by atoms with Crippen molar-refractivity contribution < 1.29 is 13.2 Å². The highest BCUT2D eigenvalue weighted by atomic mass is 32.2. The first-order valence-corrected chi connectivity index (χ1v) is 9.63. The van der Waals surface area contributed by atoms with Gasteiger partial charge in [-0.2, -0.15) is 0 Å². The third-order valence-electron chi connectivity index (χ3n) is 3.91. The van der Waals surface area contributed by atoms with E-state index < -0.39 is 10.0 Å². The van der Waals surface area contributed by atoms with E-state index in [9.17, 15) is 8.42 Å². The number of rotatable bonds is 6. The molecule has 1 aliphatic heterocycles. The normalized spacial score (nSPS) is 18.8. The Balaban J connectivity index is 2.16. The van der Waals surface area contributed by atoms with Crippen LogP contribution in [-0.4, -0.2) is 34.7 Å². The van der Waals surface area contributed by atoms with Crippen LogP contribution < -0.4 is 10.0 Å². The van der Waals surface area contributed by atoms with Gasteiger partial charge in [0.15, 0.2) is 0 Å². The fraction of sp³-hybridized carbons (Fsp3) is 0.714. The topological polar surface area (TPSA) is 67.4 Å². The van der Waals surface area contributed by atoms with Gasteiger partial charge in [0.05, 0.1) is 0 Å². The van der Waals surface area contributed by atoms with Crippen molar-refractivity contribution in [1.29, 1.82) is 0 Å². The summed E-state index contributed by atoms with van der Waals surface area (Å²) < 4.78 is 33.6. The van der Waals surface area contributed by atoms with E-state index in [1.165, 1.54) is 11.3 Å². The van der Waals surface area contributed by atoms with Crippen LogP contribution >= 0.6 is 11.3 Å². The minimum atomic E-state index is -3.47. The first-order valence-electron chi connectivity index (χ1n) is 7.27. The summed E-state index contributed by atoms with van der Waals surface area (Å²) in [5.74, 6) is 0.347. The minimum Gasteiger partial charge on any atom is -0.381 e. The predicted octanol–water partition coefficient (Wildman–Crippen LogP) is 1.87. The molecule has 1 atom stereocenters. The van der Waals surface area contributed by atoms with Gasteiger partial charge in [-0.05, 0) is 50.6 Å². The summed E-state index contributed by atoms with van der Waals surface area (Å²) in [6.07, 6.45) is 1.82. The molecule has 1 unspecified atom stereocenters. The number of ether oxygens (including phenoxy) is 1. The third-order valence-corrected chi connectivity index (χ3v) is 6.93. The molecule has 2 rings (SSSR count). The van der Waals surface area contributed by atoms with E-state index in [1.54, 1.807) is 0 Å². The van der Waals surface area contributed by atoms with Crippen molar-refractivity contribution in [3.63, 3.8) is 0 Å². The maximum atomic E-state index is 12.7. The van der Waals surface area contributed by atoms with Crippen molar-refractivity contribution >= 4 is 21.4 Å². The van der Waals surface area contributed by atoms with Crippen molar-refractivity contribution in [1.82, 2.24) is 10.0 Å². The van der Waals surface area contributed by atoms with Crippen molar-refractivity contribution in [2.75, 3.05) is 20.3 Å². The lowest BCUT2D eigenvalue weighted by atomic mass is 9.94. The molecule has 1 saturated heterocycles. The third kappa shape index (κ3) is 4.04. The molecular formula is C14H24N2O3S2. The lowest BCUT2D eigenvalue weighted by Gasteiger charge is -2.28. The molecule has 7 heteroatoms. The van der Waals surface area contributed by atoms with E-state index in [-0.39, 0.29) is 6.04 Å². The molecule has 0 radical (unpaired) electrons. The number of sulfonamides is 1. The predicted molar refractivity (Wildman–Crippen MR) is 85.1 cm³/mol. The molecule has 0 spiro atoms. The van der Waals surface area contributed by atoms with Crippen LogP contribution in [0.1, 0.15) is 30.2 Å². The van der Waals surface area contributed by atoms with Crippen molar-refractivity contribution in [2.24, 2.45) is 5.92 Å². The van der Waals surface area contributed by atoms with E-state index in [4.69, 9.17) is 4.74 Å². The summed E-state index contributed by atoms with van der Waals surface area (Å²) in [7, 11) is -1.65. The number of nitrogens with one attached hydrogen (secondary N) is 2. The maximum absolute atomic E-state index is 12.7. The average molecular weight is 332 g/mol. The van der Waals surface area contributed by atoms with E-state index in [0.717, 1.165) is 36.5 Å². The second-order valence-electron chi connectivity index (χ2n) is 5.56. The molecule has 0 bridgehead atoms. The Morgan fingerprint density at radius 1 is 1.43 bits per heavy atom. The largest absolute Gasteiger partial charge is 0.381 e. The first-order chi connectivity index (χ1) is 9.95. The van der Waals surface area contributed by atoms with Crippen molar-refractivity contribution in [2.45, 2.75) is 44.2 Å². The molecule has 1 aromatic rings. The Labute approximate surface area is 131 Å². The molecule has 5 nitrogen and oxygen atoms in total. The SMILES string of the molecule is CNCc1scc(C)c1S(=O)(=O)NC(C)C1CCOCC1. The monoisotopic (exact) mass is 332 g/mol. The van der Waals surface area contributed by atoms with Gasteiger partial charge in [0.2, 0.25) is 10.0 Å². The van der Waals surface area contributed by atoms with E-state index in [2.05, 4.69) is 10.0 Å². The van der Waals surface area contributed by atoms with Crippen LogP contribution in [0, 0.1) is 12.8 Å². The molecule has 1 fully saturated rings. The van der Waals surface area contributed by atoms with Gasteiger partial charge in [0, 0.05) is 30.7 Å². The second kappa shape index (κ2) is 7.19. The first kappa shape index (κ1) is 16.9. The van der Waals surface area contributed by atoms with Crippen LogP contribution in [-0.2, 0) is 21.3 Å². The zero-order valence-electron chi connectivity index (χ0n) is 12.8. The molecule has 120 valence electrons. The van der Waals surface area contributed by atoms with Crippen molar-refractivity contribution in [3.05, 3.63) is 15.8 Å². The molecule has 1 aliphatic rings. The lowest BCUT2D eigenvalue weighted by molar-refractivity contribution is 0.0585. The molecule has 2 heterocycles. The van der Waals surface area contributed by atoms with Gasteiger partial charge in [-0.15, -0.1) is 11.3 Å². The second-order valence-corrected chi connectivity index (χ2v) is 8.18. The maximum Gasteiger partial charge on any atom is 0.242 e. The van der Waals surface area contributed by atoms with Crippen LogP contribution in [0.3, 0.4) is 0 Å². The summed E-state index contributed by atoms with van der Waals surface area (Å²) in [6, 6.07) is -0.0689. The molecule has 0 aliphatic carbocycles. The fourth-order valence-electron chi connectivity index (χ4n) is 2.75. The van der Waals surface area contributed by atoms with E-state index in [0.29, 0.717) is 17.4 Å². The molecular weight excluding hydrogens is 308 g/mol. The van der Waals surface area contributed by atoms with Crippen LogP contribution in [0.2, 0.25) is 0 Å². The summed E-state index contributed by atoms with van der Waals surface area (Å²) >= 11 is 1.49. The quantitative estimate of drug-likeness (QED) is 0.834. The van der Waals surface area contributed by atoms with Gasteiger partial charge in [-0.25, -0.2) is 13.1 Å². The van der Waals surface area contributed by atoms with Crippen LogP contribution in [0.5, 0.6) is 0 Å². The Kier molecular flexibility index (Phi) is 5.79. The van der Waals surface area contributed by atoms with Crippen LogP contribution in [0.15, 0.2) is 10.3 Å². The van der Waals surface area contributed by atoms with Crippen LogP contribution in [0.4, 0.5) is 0 Å². The fourth-order valence-corrected chi connectivity index (χ4v) is 5.88. The number of hydrogen-bond donors (Lipinski definition) is 2. The molecule has 0 amide bonds. The standard InChI is InChI=1S/C14H24N2O3S2/c1-10-9-20-13(8-15-3)14(10)21(17,18)16-11(2)12-4-6-19-7-5-12/h9,11-12,15-16H,4-8H2,1-3H3. The Morgan fingerprint density at radius 3 is 2.71 bits per heavy atom. The summed E-state index contributed by atoms with van der Waals surface area (Å²) in [6.45, 7) is 5.81. The Bertz CT molecular complexity index is 563. The number of aryl methyl sites for hydroxylation is 1. The van der Waals surface area contributed by atoms with Gasteiger partial charge in [0.1, 0.15) is 4.90 Å². The highest BCUT2D eigenvalue weighted by Gasteiger charge is 2.28. The molecule has 1 aromatic heterocycles. The van der Waals surface area contributed by atoms with Crippen LogP contribution in [0.25, 0.3) is 0 Å². The van der Waals surface area contributed by atoms with Gasteiger partial charge in [-0.1, -0.05) is 0 Å². The molecule has 21 heavy (non-hydrogen) atoms. The summed E-state index contributed by atoms with van der Waals surface area (Å²) in [5, 5.41) is 4.93. The van der Waals surface area contributed by atoms with Gasteiger partial charge >= 0.3 is 0 Å². The molecule has 2 N–H and O–H groups in total. The molecule has 0 saturated carbocycles. The number of thiophene rings is 1. The summed E-state index contributed by atoms with van der Waals surface area (Å²) in [5.41, 5.74) is 0.817. The van der Waals surface area contributed by atoms with E-state index >= 15 is 0 Å². The lowest BCUT2D eigenvalue weighted by Crippen LogP contribution is -2.40. The molecule has 0 aromatic carbocycles. The zero-order chi connectivity index (χ0) is 15.5. The van der Waals surface area contributed by atoms with Gasteiger partial charge < -0.3 is 10.1 Å². The van der Waals surface area contributed by atoms with Gasteiger partial charge in [0.25, 0.3) is 0 Å².